The lowest BCUT2D eigenvalue weighted by atomic mass is 9.72. The maximum Gasteiger partial charge on any atom is 0.0646 e. The molecule has 0 amide bonds. The largest absolute Gasteiger partial charge is 0.380 e. The minimum absolute atomic E-state index is 0.116. The van der Waals surface area contributed by atoms with Gasteiger partial charge in [0.05, 0.1) is 6.61 Å². The Morgan fingerprint density at radius 1 is 1.20 bits per heavy atom. The minimum Gasteiger partial charge on any atom is -0.380 e. The predicted molar refractivity (Wildman–Crippen MR) is 64.8 cm³/mol. The van der Waals surface area contributed by atoms with Gasteiger partial charge in [-0.25, -0.2) is 0 Å². The third-order valence-electron chi connectivity index (χ3n) is 3.97. The van der Waals surface area contributed by atoms with E-state index < -0.39 is 0 Å². The maximum absolute atomic E-state index is 6.34. The summed E-state index contributed by atoms with van der Waals surface area (Å²) in [6.07, 6.45) is 6.64. The Labute approximate surface area is 94.6 Å². The van der Waals surface area contributed by atoms with Crippen molar-refractivity contribution in [1.82, 2.24) is 0 Å². The van der Waals surface area contributed by atoms with Crippen molar-refractivity contribution in [3.05, 3.63) is 0 Å². The average molecular weight is 213 g/mol. The molecule has 1 saturated carbocycles. The Hall–Kier alpha value is -0.0800. The Bertz CT molecular complexity index is 171. The Kier molecular flexibility index (Phi) is 5.07. The average Bonchev–Trinajstić information content (AvgIpc) is 2.26. The van der Waals surface area contributed by atoms with E-state index in [4.69, 9.17) is 10.5 Å². The van der Waals surface area contributed by atoms with Gasteiger partial charge in [0.25, 0.3) is 0 Å². The molecule has 15 heavy (non-hydrogen) atoms. The molecule has 0 radical (unpaired) electrons. The van der Waals surface area contributed by atoms with E-state index in [2.05, 4.69) is 13.8 Å². The van der Waals surface area contributed by atoms with Gasteiger partial charge in [0.1, 0.15) is 0 Å². The van der Waals surface area contributed by atoms with E-state index in [-0.39, 0.29) is 5.54 Å². The zero-order valence-electron chi connectivity index (χ0n) is 10.6. The van der Waals surface area contributed by atoms with Crippen LogP contribution >= 0.6 is 0 Å². The first kappa shape index (κ1) is 13.0. The number of hydrogen-bond acceptors (Lipinski definition) is 2. The summed E-state index contributed by atoms with van der Waals surface area (Å²) >= 11 is 0. The fraction of sp³-hybridized carbons (Fsp3) is 1.00. The van der Waals surface area contributed by atoms with Crippen molar-refractivity contribution < 1.29 is 4.74 Å². The summed E-state index contributed by atoms with van der Waals surface area (Å²) in [5.41, 5.74) is 6.22. The van der Waals surface area contributed by atoms with Crippen molar-refractivity contribution in [3.63, 3.8) is 0 Å². The number of nitrogens with two attached hydrogens (primary N) is 1. The quantitative estimate of drug-likeness (QED) is 0.762. The lowest BCUT2D eigenvalue weighted by Crippen LogP contribution is -2.49. The van der Waals surface area contributed by atoms with Gasteiger partial charge in [-0.15, -0.1) is 0 Å². The SMILES string of the molecule is CCOCC(C)(N)C1CCC(CC)CC1. The molecule has 2 heteroatoms. The molecule has 0 heterocycles. The van der Waals surface area contributed by atoms with Gasteiger partial charge >= 0.3 is 0 Å². The van der Waals surface area contributed by atoms with Crippen LogP contribution in [0.3, 0.4) is 0 Å². The predicted octanol–water partition coefficient (Wildman–Crippen LogP) is 2.96. The van der Waals surface area contributed by atoms with Gasteiger partial charge in [0.2, 0.25) is 0 Å². The number of rotatable bonds is 5. The van der Waals surface area contributed by atoms with Crippen LogP contribution in [0.5, 0.6) is 0 Å². The second kappa shape index (κ2) is 5.86. The molecule has 1 fully saturated rings. The van der Waals surface area contributed by atoms with Crippen LogP contribution in [-0.4, -0.2) is 18.8 Å². The van der Waals surface area contributed by atoms with Gasteiger partial charge in [-0.05, 0) is 38.5 Å². The van der Waals surface area contributed by atoms with Crippen LogP contribution in [0.1, 0.15) is 52.9 Å². The molecule has 1 aliphatic rings. The van der Waals surface area contributed by atoms with Crippen LogP contribution in [0.2, 0.25) is 0 Å². The lowest BCUT2D eigenvalue weighted by molar-refractivity contribution is 0.0570. The molecule has 1 aliphatic carbocycles. The highest BCUT2D eigenvalue weighted by Gasteiger charge is 2.33. The highest BCUT2D eigenvalue weighted by molar-refractivity contribution is 4.89. The van der Waals surface area contributed by atoms with Crippen molar-refractivity contribution in [3.8, 4) is 0 Å². The second-order valence-electron chi connectivity index (χ2n) is 5.27. The first-order valence-electron chi connectivity index (χ1n) is 6.46. The molecule has 0 aliphatic heterocycles. The van der Waals surface area contributed by atoms with Crippen LogP contribution in [0.25, 0.3) is 0 Å². The fourth-order valence-electron chi connectivity index (χ4n) is 2.67. The van der Waals surface area contributed by atoms with Crippen molar-refractivity contribution in [2.75, 3.05) is 13.2 Å². The summed E-state index contributed by atoms with van der Waals surface area (Å²) in [6, 6.07) is 0. The van der Waals surface area contributed by atoms with Crippen LogP contribution in [0.15, 0.2) is 0 Å². The molecule has 0 saturated heterocycles. The maximum atomic E-state index is 6.34. The summed E-state index contributed by atoms with van der Waals surface area (Å²) in [5, 5.41) is 0. The van der Waals surface area contributed by atoms with Crippen molar-refractivity contribution in [1.29, 1.82) is 0 Å². The van der Waals surface area contributed by atoms with E-state index >= 15 is 0 Å². The third kappa shape index (κ3) is 3.76. The van der Waals surface area contributed by atoms with Crippen LogP contribution in [0, 0.1) is 11.8 Å². The summed E-state index contributed by atoms with van der Waals surface area (Å²) in [7, 11) is 0. The normalized spacial score (nSPS) is 31.2. The van der Waals surface area contributed by atoms with E-state index in [0.717, 1.165) is 12.5 Å². The van der Waals surface area contributed by atoms with Gasteiger partial charge in [0, 0.05) is 12.1 Å². The zero-order valence-corrected chi connectivity index (χ0v) is 10.6. The Morgan fingerprint density at radius 2 is 1.80 bits per heavy atom. The van der Waals surface area contributed by atoms with Gasteiger partial charge in [0.15, 0.2) is 0 Å². The molecule has 0 aromatic rings. The molecule has 0 aromatic carbocycles. The van der Waals surface area contributed by atoms with Crippen molar-refractivity contribution in [2.45, 2.75) is 58.4 Å². The molecule has 1 rings (SSSR count). The summed E-state index contributed by atoms with van der Waals surface area (Å²) in [5.74, 6) is 1.61. The topological polar surface area (TPSA) is 35.2 Å². The molecule has 0 bridgehead atoms. The highest BCUT2D eigenvalue weighted by Crippen LogP contribution is 2.35. The van der Waals surface area contributed by atoms with Crippen molar-refractivity contribution in [2.24, 2.45) is 17.6 Å². The molecule has 1 atom stereocenters. The first-order chi connectivity index (χ1) is 7.10. The molecular weight excluding hydrogens is 186 g/mol. The van der Waals surface area contributed by atoms with E-state index in [1.54, 1.807) is 0 Å². The molecular formula is C13H27NO. The van der Waals surface area contributed by atoms with Crippen LogP contribution < -0.4 is 5.73 Å². The summed E-state index contributed by atoms with van der Waals surface area (Å²) in [4.78, 5) is 0. The number of ether oxygens (including phenoxy) is 1. The van der Waals surface area contributed by atoms with Gasteiger partial charge in [-0.2, -0.15) is 0 Å². The number of hydrogen-bond donors (Lipinski definition) is 1. The lowest BCUT2D eigenvalue weighted by Gasteiger charge is -2.38. The highest BCUT2D eigenvalue weighted by atomic mass is 16.5. The smallest absolute Gasteiger partial charge is 0.0646 e. The van der Waals surface area contributed by atoms with Crippen LogP contribution in [-0.2, 0) is 4.74 Å². The monoisotopic (exact) mass is 213 g/mol. The van der Waals surface area contributed by atoms with Gasteiger partial charge in [-0.3, -0.25) is 0 Å². The Balaban J connectivity index is 2.37. The standard InChI is InChI=1S/C13H27NO/c1-4-11-6-8-12(9-7-11)13(3,14)10-15-5-2/h11-12H,4-10,14H2,1-3H3. The third-order valence-corrected chi connectivity index (χ3v) is 3.97. The molecule has 90 valence electrons. The second-order valence-corrected chi connectivity index (χ2v) is 5.27. The molecule has 2 nitrogen and oxygen atoms in total. The zero-order chi connectivity index (χ0) is 11.3. The van der Waals surface area contributed by atoms with Gasteiger partial charge < -0.3 is 10.5 Å². The molecule has 2 N–H and O–H groups in total. The van der Waals surface area contributed by atoms with E-state index in [0.29, 0.717) is 12.5 Å². The van der Waals surface area contributed by atoms with E-state index in [1.807, 2.05) is 6.92 Å². The van der Waals surface area contributed by atoms with Crippen molar-refractivity contribution >= 4 is 0 Å². The summed E-state index contributed by atoms with van der Waals surface area (Å²) < 4.78 is 5.48. The molecule has 0 spiro atoms. The summed E-state index contributed by atoms with van der Waals surface area (Å²) in [6.45, 7) is 7.97. The minimum atomic E-state index is -0.116. The first-order valence-corrected chi connectivity index (χ1v) is 6.46. The van der Waals surface area contributed by atoms with Crippen LogP contribution in [0.4, 0.5) is 0 Å². The van der Waals surface area contributed by atoms with E-state index in [1.165, 1.54) is 32.1 Å². The fourth-order valence-corrected chi connectivity index (χ4v) is 2.67. The van der Waals surface area contributed by atoms with E-state index in [9.17, 15) is 0 Å². The van der Waals surface area contributed by atoms with Gasteiger partial charge in [-0.1, -0.05) is 26.2 Å². The molecule has 1 unspecified atom stereocenters. The molecule has 0 aromatic heterocycles. The Morgan fingerprint density at radius 3 is 2.27 bits per heavy atom.